The Labute approximate surface area is 118 Å². The zero-order chi connectivity index (χ0) is 13.1. The van der Waals surface area contributed by atoms with Gasteiger partial charge in [0.05, 0.1) is 6.04 Å². The van der Waals surface area contributed by atoms with Gasteiger partial charge >= 0.3 is 0 Å². The van der Waals surface area contributed by atoms with Gasteiger partial charge in [-0.3, -0.25) is 0 Å². The maximum absolute atomic E-state index is 6.00. The van der Waals surface area contributed by atoms with Crippen molar-refractivity contribution in [2.45, 2.75) is 12.5 Å². The molecule has 0 amide bonds. The van der Waals surface area contributed by atoms with Crippen molar-refractivity contribution < 1.29 is 0 Å². The van der Waals surface area contributed by atoms with Crippen LogP contribution in [0.3, 0.4) is 0 Å². The van der Waals surface area contributed by atoms with Crippen molar-refractivity contribution in [3.8, 4) is 0 Å². The molecule has 0 saturated heterocycles. The maximum atomic E-state index is 6.00. The van der Waals surface area contributed by atoms with Gasteiger partial charge in [-0.1, -0.05) is 48.5 Å². The summed E-state index contributed by atoms with van der Waals surface area (Å²) in [7, 11) is 0. The highest BCUT2D eigenvalue weighted by Crippen LogP contribution is 2.27. The van der Waals surface area contributed by atoms with Crippen molar-refractivity contribution in [1.29, 1.82) is 0 Å². The van der Waals surface area contributed by atoms with Crippen LogP contribution in [0.4, 0.5) is 0 Å². The minimum atomic E-state index is 0.304. The van der Waals surface area contributed by atoms with Crippen molar-refractivity contribution >= 4 is 22.5 Å². The maximum Gasteiger partial charge on any atom is 0.0597 e. The molecule has 2 heteroatoms. The van der Waals surface area contributed by atoms with Crippen molar-refractivity contribution in [3.63, 3.8) is 0 Å². The summed E-state index contributed by atoms with van der Waals surface area (Å²) < 4.78 is 2.33. The number of fused-ring (bicyclic) bond motifs is 1. The molecule has 1 aromatic heterocycles. The van der Waals surface area contributed by atoms with E-state index in [1.54, 1.807) is 0 Å². The second-order valence-corrected chi connectivity index (χ2v) is 5.06. The predicted molar refractivity (Wildman–Crippen MR) is 81.9 cm³/mol. The van der Waals surface area contributed by atoms with Crippen LogP contribution in [-0.2, 0) is 0 Å². The monoisotopic (exact) mass is 269 g/mol. The summed E-state index contributed by atoms with van der Waals surface area (Å²) in [5, 5.41) is 1.28. The number of aromatic nitrogens is 1. The Morgan fingerprint density at radius 1 is 0.895 bits per heavy atom. The number of hydrogen-bond acceptors (Lipinski definition) is 0. The number of rotatable bonds is 4. The molecule has 0 bridgehead atoms. The van der Waals surface area contributed by atoms with Crippen LogP contribution >= 0.6 is 11.6 Å². The fourth-order valence-corrected chi connectivity index (χ4v) is 2.83. The SMILES string of the molecule is ClCC[C@@H](c1ccccc1)n1ccc2ccccc21. The van der Waals surface area contributed by atoms with Gasteiger partial charge in [-0.15, -0.1) is 11.6 Å². The average molecular weight is 270 g/mol. The van der Waals surface area contributed by atoms with Crippen LogP contribution in [-0.4, -0.2) is 10.4 Å². The molecular weight excluding hydrogens is 254 g/mol. The van der Waals surface area contributed by atoms with Gasteiger partial charge in [0.1, 0.15) is 0 Å². The number of hydrogen-bond donors (Lipinski definition) is 0. The number of nitrogens with zero attached hydrogens (tertiary/aromatic N) is 1. The van der Waals surface area contributed by atoms with Crippen LogP contribution in [0.15, 0.2) is 66.9 Å². The molecule has 0 fully saturated rings. The van der Waals surface area contributed by atoms with Gasteiger partial charge in [0.2, 0.25) is 0 Å². The largest absolute Gasteiger partial charge is 0.340 e. The highest BCUT2D eigenvalue weighted by molar-refractivity contribution is 6.17. The quantitative estimate of drug-likeness (QED) is 0.596. The van der Waals surface area contributed by atoms with E-state index in [1.165, 1.54) is 16.5 Å². The Bertz CT molecular complexity index is 657. The van der Waals surface area contributed by atoms with E-state index in [9.17, 15) is 0 Å². The fourth-order valence-electron chi connectivity index (χ4n) is 2.62. The van der Waals surface area contributed by atoms with Crippen LogP contribution in [0.1, 0.15) is 18.0 Å². The summed E-state index contributed by atoms with van der Waals surface area (Å²) >= 11 is 6.00. The number of para-hydroxylation sites is 1. The van der Waals surface area contributed by atoms with Crippen molar-refractivity contribution in [1.82, 2.24) is 4.57 Å². The third kappa shape index (κ3) is 2.39. The zero-order valence-electron chi connectivity index (χ0n) is 10.7. The van der Waals surface area contributed by atoms with Crippen molar-refractivity contribution in [2.24, 2.45) is 0 Å². The number of halogens is 1. The first kappa shape index (κ1) is 12.3. The molecule has 2 aromatic carbocycles. The summed E-state index contributed by atoms with van der Waals surface area (Å²) in [5.41, 5.74) is 2.57. The molecule has 0 radical (unpaired) electrons. The van der Waals surface area contributed by atoms with E-state index < -0.39 is 0 Å². The topological polar surface area (TPSA) is 4.93 Å². The molecule has 0 aliphatic heterocycles. The second kappa shape index (κ2) is 5.50. The lowest BCUT2D eigenvalue weighted by atomic mass is 10.0. The Morgan fingerprint density at radius 3 is 2.42 bits per heavy atom. The first-order valence-electron chi connectivity index (χ1n) is 6.56. The van der Waals surface area contributed by atoms with Gasteiger partial charge in [0.15, 0.2) is 0 Å². The van der Waals surface area contributed by atoms with Crippen LogP contribution in [0.5, 0.6) is 0 Å². The third-order valence-electron chi connectivity index (χ3n) is 3.53. The van der Waals surface area contributed by atoms with Crippen LogP contribution in [0.25, 0.3) is 10.9 Å². The molecule has 1 atom stereocenters. The molecule has 96 valence electrons. The molecule has 0 aliphatic carbocycles. The summed E-state index contributed by atoms with van der Waals surface area (Å²) in [6, 6.07) is 21.5. The molecule has 19 heavy (non-hydrogen) atoms. The highest BCUT2D eigenvalue weighted by atomic mass is 35.5. The molecule has 3 aromatic rings. The van der Waals surface area contributed by atoms with E-state index in [2.05, 4.69) is 71.4 Å². The third-order valence-corrected chi connectivity index (χ3v) is 3.75. The molecule has 0 saturated carbocycles. The van der Waals surface area contributed by atoms with Gasteiger partial charge < -0.3 is 4.57 Å². The van der Waals surface area contributed by atoms with E-state index in [0.29, 0.717) is 11.9 Å². The van der Waals surface area contributed by atoms with Gasteiger partial charge in [0.25, 0.3) is 0 Å². The predicted octanol–water partition coefficient (Wildman–Crippen LogP) is 4.86. The number of benzene rings is 2. The minimum absolute atomic E-state index is 0.304. The van der Waals surface area contributed by atoms with E-state index >= 15 is 0 Å². The van der Waals surface area contributed by atoms with Crippen LogP contribution in [0, 0.1) is 0 Å². The lowest BCUT2D eigenvalue weighted by molar-refractivity contribution is 0.588. The van der Waals surface area contributed by atoms with E-state index in [4.69, 9.17) is 11.6 Å². The fraction of sp³-hybridized carbons (Fsp3) is 0.176. The van der Waals surface area contributed by atoms with E-state index in [1.807, 2.05) is 0 Å². The molecule has 0 N–H and O–H groups in total. The van der Waals surface area contributed by atoms with E-state index in [0.717, 1.165) is 6.42 Å². The highest BCUT2D eigenvalue weighted by Gasteiger charge is 2.14. The summed E-state index contributed by atoms with van der Waals surface area (Å²) in [6.45, 7) is 0. The number of alkyl halides is 1. The van der Waals surface area contributed by atoms with Gasteiger partial charge in [-0.2, -0.15) is 0 Å². The van der Waals surface area contributed by atoms with Crippen LogP contribution < -0.4 is 0 Å². The summed E-state index contributed by atoms with van der Waals surface area (Å²) in [5.74, 6) is 0.659. The first-order valence-corrected chi connectivity index (χ1v) is 7.10. The Kier molecular flexibility index (Phi) is 3.56. The molecule has 1 heterocycles. The van der Waals surface area contributed by atoms with Gasteiger partial charge in [-0.05, 0) is 29.5 Å². The molecule has 3 rings (SSSR count). The summed E-state index contributed by atoms with van der Waals surface area (Å²) in [4.78, 5) is 0. The summed E-state index contributed by atoms with van der Waals surface area (Å²) in [6.07, 6.45) is 3.10. The first-order chi connectivity index (χ1) is 9.40. The Hall–Kier alpha value is -1.73. The molecular formula is C17H16ClN. The lowest BCUT2D eigenvalue weighted by Gasteiger charge is -2.20. The molecule has 0 unspecified atom stereocenters. The van der Waals surface area contributed by atoms with Gasteiger partial charge in [-0.25, -0.2) is 0 Å². The molecule has 1 nitrogen and oxygen atoms in total. The Morgan fingerprint density at radius 2 is 1.63 bits per heavy atom. The smallest absolute Gasteiger partial charge is 0.0597 e. The van der Waals surface area contributed by atoms with Crippen molar-refractivity contribution in [2.75, 3.05) is 5.88 Å². The normalized spacial score (nSPS) is 12.7. The average Bonchev–Trinajstić information content (AvgIpc) is 2.89. The van der Waals surface area contributed by atoms with Crippen molar-refractivity contribution in [3.05, 3.63) is 72.4 Å². The van der Waals surface area contributed by atoms with Crippen LogP contribution in [0.2, 0.25) is 0 Å². The lowest BCUT2D eigenvalue weighted by Crippen LogP contribution is -2.10. The zero-order valence-corrected chi connectivity index (χ0v) is 11.4. The minimum Gasteiger partial charge on any atom is -0.340 e. The Balaban J connectivity index is 2.10. The second-order valence-electron chi connectivity index (χ2n) is 4.69. The standard InChI is InChI=1S/C17H16ClN/c18-12-10-17(14-6-2-1-3-7-14)19-13-11-15-8-4-5-9-16(15)19/h1-9,11,13,17H,10,12H2/t17-/m0/s1. The molecule has 0 aliphatic rings. The molecule has 0 spiro atoms. The van der Waals surface area contributed by atoms with Gasteiger partial charge in [0, 0.05) is 17.6 Å². The van der Waals surface area contributed by atoms with E-state index in [-0.39, 0.29) is 0 Å².